The van der Waals surface area contributed by atoms with E-state index in [9.17, 15) is 4.79 Å². The van der Waals surface area contributed by atoms with E-state index in [4.69, 9.17) is 9.84 Å². The molecule has 0 aliphatic rings. The Kier molecular flexibility index (Phi) is 5.25. The van der Waals surface area contributed by atoms with Crippen molar-refractivity contribution in [3.63, 3.8) is 0 Å². The second-order valence-electron chi connectivity index (χ2n) is 5.22. The standard InChI is InChI=1S/C19H17NO3S/c21-12-14-6-8-15(9-7-14)13-23-17-4-1-3-16(11-17)20-19(22)18-5-2-10-24-18/h1-11,21H,12-13H2,(H,20,22). The summed E-state index contributed by atoms with van der Waals surface area (Å²) in [6.07, 6.45) is 0. The van der Waals surface area contributed by atoms with Crippen molar-refractivity contribution in [1.82, 2.24) is 0 Å². The van der Waals surface area contributed by atoms with Crippen LogP contribution < -0.4 is 10.1 Å². The summed E-state index contributed by atoms with van der Waals surface area (Å²) in [5, 5.41) is 13.8. The monoisotopic (exact) mass is 339 g/mol. The molecule has 1 aromatic heterocycles. The van der Waals surface area contributed by atoms with Crippen molar-refractivity contribution in [2.75, 3.05) is 5.32 Å². The number of rotatable bonds is 6. The fourth-order valence-electron chi connectivity index (χ4n) is 2.17. The molecule has 0 aliphatic heterocycles. The number of hydrogen-bond donors (Lipinski definition) is 2. The van der Waals surface area contributed by atoms with Crippen molar-refractivity contribution >= 4 is 22.9 Å². The van der Waals surface area contributed by atoms with Crippen LogP contribution in [-0.4, -0.2) is 11.0 Å². The molecular formula is C19H17NO3S. The van der Waals surface area contributed by atoms with Crippen LogP contribution in [0.15, 0.2) is 66.0 Å². The third-order valence-electron chi connectivity index (χ3n) is 3.45. The molecule has 0 spiro atoms. The first-order chi connectivity index (χ1) is 11.7. The lowest BCUT2D eigenvalue weighted by Crippen LogP contribution is -2.10. The second-order valence-corrected chi connectivity index (χ2v) is 6.17. The zero-order valence-electron chi connectivity index (χ0n) is 12.9. The van der Waals surface area contributed by atoms with Gasteiger partial charge in [0.2, 0.25) is 0 Å². The minimum atomic E-state index is -0.123. The summed E-state index contributed by atoms with van der Waals surface area (Å²) in [6, 6.07) is 18.5. The average Bonchev–Trinajstić information content (AvgIpc) is 3.15. The van der Waals surface area contributed by atoms with Gasteiger partial charge in [0.05, 0.1) is 11.5 Å². The van der Waals surface area contributed by atoms with Gasteiger partial charge in [0.15, 0.2) is 0 Å². The van der Waals surface area contributed by atoms with Gasteiger partial charge in [-0.1, -0.05) is 36.4 Å². The Morgan fingerprint density at radius 2 is 1.83 bits per heavy atom. The molecule has 0 unspecified atom stereocenters. The van der Waals surface area contributed by atoms with Gasteiger partial charge in [-0.05, 0) is 34.7 Å². The normalized spacial score (nSPS) is 10.4. The van der Waals surface area contributed by atoms with Crippen molar-refractivity contribution in [2.45, 2.75) is 13.2 Å². The molecule has 3 aromatic rings. The van der Waals surface area contributed by atoms with E-state index in [1.54, 1.807) is 12.1 Å². The third kappa shape index (κ3) is 4.22. The summed E-state index contributed by atoms with van der Waals surface area (Å²) in [5.41, 5.74) is 2.58. The number of ether oxygens (including phenoxy) is 1. The molecule has 122 valence electrons. The second kappa shape index (κ2) is 7.77. The number of anilines is 1. The maximum atomic E-state index is 12.1. The van der Waals surface area contributed by atoms with Crippen LogP contribution >= 0.6 is 11.3 Å². The summed E-state index contributed by atoms with van der Waals surface area (Å²) < 4.78 is 5.77. The molecule has 3 rings (SSSR count). The van der Waals surface area contributed by atoms with E-state index in [0.717, 1.165) is 11.1 Å². The van der Waals surface area contributed by atoms with E-state index in [-0.39, 0.29) is 12.5 Å². The predicted molar refractivity (Wildman–Crippen MR) is 95.4 cm³/mol. The van der Waals surface area contributed by atoms with E-state index in [2.05, 4.69) is 5.32 Å². The molecule has 0 bridgehead atoms. The third-order valence-corrected chi connectivity index (χ3v) is 4.32. The number of carbonyl (C=O) groups excluding carboxylic acids is 1. The van der Waals surface area contributed by atoms with Crippen molar-refractivity contribution in [3.05, 3.63) is 82.0 Å². The largest absolute Gasteiger partial charge is 0.489 e. The van der Waals surface area contributed by atoms with Gasteiger partial charge in [0.1, 0.15) is 12.4 Å². The van der Waals surface area contributed by atoms with Crippen molar-refractivity contribution < 1.29 is 14.6 Å². The minimum Gasteiger partial charge on any atom is -0.489 e. The summed E-state index contributed by atoms with van der Waals surface area (Å²) in [4.78, 5) is 12.7. The Labute approximate surface area is 144 Å². The van der Waals surface area contributed by atoms with Crippen LogP contribution in [0.1, 0.15) is 20.8 Å². The predicted octanol–water partition coefficient (Wildman–Crippen LogP) is 4.07. The van der Waals surface area contributed by atoms with Crippen LogP contribution in [0.3, 0.4) is 0 Å². The summed E-state index contributed by atoms with van der Waals surface area (Å²) in [7, 11) is 0. The van der Waals surface area contributed by atoms with Crippen LogP contribution in [0, 0.1) is 0 Å². The highest BCUT2D eigenvalue weighted by atomic mass is 32.1. The molecule has 0 fully saturated rings. The lowest BCUT2D eigenvalue weighted by atomic mass is 10.1. The molecule has 0 saturated carbocycles. The Bertz CT molecular complexity index is 798. The van der Waals surface area contributed by atoms with Crippen LogP contribution in [0.5, 0.6) is 5.75 Å². The Morgan fingerprint density at radius 1 is 1.04 bits per heavy atom. The van der Waals surface area contributed by atoms with Gasteiger partial charge in [-0.2, -0.15) is 0 Å². The quantitative estimate of drug-likeness (QED) is 0.712. The first-order valence-electron chi connectivity index (χ1n) is 7.51. The molecule has 2 N–H and O–H groups in total. The summed E-state index contributed by atoms with van der Waals surface area (Å²) >= 11 is 1.40. The summed E-state index contributed by atoms with van der Waals surface area (Å²) in [5.74, 6) is 0.562. The van der Waals surface area contributed by atoms with E-state index in [1.807, 2.05) is 53.9 Å². The van der Waals surface area contributed by atoms with Crippen LogP contribution in [-0.2, 0) is 13.2 Å². The van der Waals surface area contributed by atoms with Crippen molar-refractivity contribution in [1.29, 1.82) is 0 Å². The number of hydrogen-bond acceptors (Lipinski definition) is 4. The number of thiophene rings is 1. The Hall–Kier alpha value is -2.63. The SMILES string of the molecule is O=C(Nc1cccc(OCc2ccc(CO)cc2)c1)c1cccs1. The number of carbonyl (C=O) groups is 1. The average molecular weight is 339 g/mol. The van der Waals surface area contributed by atoms with E-state index in [0.29, 0.717) is 22.9 Å². The minimum absolute atomic E-state index is 0.0348. The van der Waals surface area contributed by atoms with E-state index >= 15 is 0 Å². The van der Waals surface area contributed by atoms with Crippen molar-refractivity contribution in [3.8, 4) is 5.75 Å². The molecule has 5 heteroatoms. The number of aliphatic hydroxyl groups is 1. The molecule has 0 aliphatic carbocycles. The van der Waals surface area contributed by atoms with Crippen molar-refractivity contribution in [2.24, 2.45) is 0 Å². The maximum Gasteiger partial charge on any atom is 0.265 e. The molecule has 2 aromatic carbocycles. The van der Waals surface area contributed by atoms with Gasteiger partial charge >= 0.3 is 0 Å². The van der Waals surface area contributed by atoms with Crippen LogP contribution in [0.25, 0.3) is 0 Å². The molecule has 1 heterocycles. The molecule has 0 atom stereocenters. The molecule has 1 amide bonds. The lowest BCUT2D eigenvalue weighted by Gasteiger charge is -2.09. The number of nitrogens with one attached hydrogen (secondary N) is 1. The van der Waals surface area contributed by atoms with Crippen LogP contribution in [0.2, 0.25) is 0 Å². The first-order valence-corrected chi connectivity index (χ1v) is 8.39. The number of amides is 1. The van der Waals surface area contributed by atoms with Gasteiger partial charge in [-0.15, -0.1) is 11.3 Å². The maximum absolute atomic E-state index is 12.1. The van der Waals surface area contributed by atoms with Gasteiger partial charge in [-0.3, -0.25) is 4.79 Å². The fraction of sp³-hybridized carbons (Fsp3) is 0.105. The van der Waals surface area contributed by atoms with Gasteiger partial charge in [0, 0.05) is 11.8 Å². The van der Waals surface area contributed by atoms with Gasteiger partial charge in [0.25, 0.3) is 5.91 Å². The Morgan fingerprint density at radius 3 is 2.54 bits per heavy atom. The molecule has 24 heavy (non-hydrogen) atoms. The smallest absolute Gasteiger partial charge is 0.265 e. The molecule has 0 saturated heterocycles. The fourth-order valence-corrected chi connectivity index (χ4v) is 2.79. The van der Waals surface area contributed by atoms with E-state index in [1.165, 1.54) is 11.3 Å². The zero-order valence-corrected chi connectivity index (χ0v) is 13.8. The molecule has 0 radical (unpaired) electrons. The highest BCUT2D eigenvalue weighted by Crippen LogP contribution is 2.20. The highest BCUT2D eigenvalue weighted by Gasteiger charge is 2.07. The van der Waals surface area contributed by atoms with Gasteiger partial charge in [-0.25, -0.2) is 0 Å². The first kappa shape index (κ1) is 16.2. The number of benzene rings is 2. The van der Waals surface area contributed by atoms with E-state index < -0.39 is 0 Å². The topological polar surface area (TPSA) is 58.6 Å². The Balaban J connectivity index is 1.61. The zero-order chi connectivity index (χ0) is 16.8. The highest BCUT2D eigenvalue weighted by molar-refractivity contribution is 7.12. The lowest BCUT2D eigenvalue weighted by molar-refractivity contribution is 0.103. The number of aliphatic hydroxyl groups excluding tert-OH is 1. The van der Waals surface area contributed by atoms with Crippen LogP contribution in [0.4, 0.5) is 5.69 Å². The molecule has 4 nitrogen and oxygen atoms in total. The molecular weight excluding hydrogens is 322 g/mol. The summed E-state index contributed by atoms with van der Waals surface area (Å²) in [6.45, 7) is 0.459. The van der Waals surface area contributed by atoms with Gasteiger partial charge < -0.3 is 15.2 Å².